The average molecular weight is 322 g/mol. The SMILES string of the molecule is COC(=O)CCS(=O)(=O)NC(C(N)=S)C1CCCCC1. The standard InChI is InChI=1S/C12H22N2O4S2/c1-18-10(15)7-8-20(16,17)14-11(12(13)19)9-5-3-2-4-6-9/h9,11,14H,2-8H2,1H3,(H2,13,19). The van der Waals surface area contributed by atoms with Gasteiger partial charge in [-0.05, 0) is 18.8 Å². The van der Waals surface area contributed by atoms with Gasteiger partial charge in [0, 0.05) is 0 Å². The Kier molecular flexibility index (Phi) is 6.84. The number of sulfonamides is 1. The van der Waals surface area contributed by atoms with Crippen molar-refractivity contribution in [3.8, 4) is 0 Å². The molecule has 1 rings (SSSR count). The summed E-state index contributed by atoms with van der Waals surface area (Å²) in [5.41, 5.74) is 5.67. The van der Waals surface area contributed by atoms with Gasteiger partial charge in [-0.2, -0.15) is 0 Å². The molecule has 6 nitrogen and oxygen atoms in total. The molecule has 3 N–H and O–H groups in total. The number of carbonyl (C=O) groups is 1. The Hall–Kier alpha value is -0.730. The number of thiocarbonyl (C=S) groups is 1. The van der Waals surface area contributed by atoms with Crippen LogP contribution in [-0.4, -0.2) is 38.3 Å². The highest BCUT2D eigenvalue weighted by atomic mass is 32.2. The molecular formula is C12H22N2O4S2. The highest BCUT2D eigenvalue weighted by Crippen LogP contribution is 2.27. The topological polar surface area (TPSA) is 98.5 Å². The summed E-state index contributed by atoms with van der Waals surface area (Å²) >= 11 is 4.98. The molecule has 1 fully saturated rings. The quantitative estimate of drug-likeness (QED) is 0.529. The van der Waals surface area contributed by atoms with E-state index in [1.807, 2.05) is 0 Å². The first-order valence-corrected chi connectivity index (χ1v) is 8.78. The van der Waals surface area contributed by atoms with Crippen molar-refractivity contribution < 1.29 is 17.9 Å². The maximum Gasteiger partial charge on any atom is 0.306 e. The molecule has 1 saturated carbocycles. The van der Waals surface area contributed by atoms with Gasteiger partial charge in [0.05, 0.1) is 30.3 Å². The number of nitrogens with one attached hydrogen (secondary N) is 1. The summed E-state index contributed by atoms with van der Waals surface area (Å²) in [7, 11) is -2.37. The number of rotatable bonds is 7. The van der Waals surface area contributed by atoms with E-state index in [4.69, 9.17) is 18.0 Å². The molecule has 0 bridgehead atoms. The van der Waals surface area contributed by atoms with E-state index in [0.717, 1.165) is 32.1 Å². The lowest BCUT2D eigenvalue weighted by Crippen LogP contribution is -2.49. The number of hydrogen-bond donors (Lipinski definition) is 2. The van der Waals surface area contributed by atoms with Crippen LogP contribution in [0.5, 0.6) is 0 Å². The van der Waals surface area contributed by atoms with Crippen LogP contribution in [0.25, 0.3) is 0 Å². The molecule has 0 radical (unpaired) electrons. The van der Waals surface area contributed by atoms with Crippen molar-refractivity contribution in [2.45, 2.75) is 44.6 Å². The summed E-state index contributed by atoms with van der Waals surface area (Å²) in [6.45, 7) is 0. The van der Waals surface area contributed by atoms with Gasteiger partial charge in [-0.15, -0.1) is 0 Å². The third kappa shape index (κ3) is 5.72. The molecule has 0 aromatic rings. The molecule has 0 heterocycles. The lowest BCUT2D eigenvalue weighted by molar-refractivity contribution is -0.140. The Balaban J connectivity index is 2.64. The molecule has 20 heavy (non-hydrogen) atoms. The average Bonchev–Trinajstić information content (AvgIpc) is 2.43. The van der Waals surface area contributed by atoms with Crippen molar-refractivity contribution >= 4 is 33.2 Å². The zero-order valence-electron chi connectivity index (χ0n) is 11.6. The fourth-order valence-electron chi connectivity index (χ4n) is 2.43. The molecule has 1 aliphatic rings. The van der Waals surface area contributed by atoms with Gasteiger partial charge in [0.15, 0.2) is 0 Å². The minimum Gasteiger partial charge on any atom is -0.469 e. The molecule has 0 amide bonds. The molecule has 0 aromatic carbocycles. The Morgan fingerprint density at radius 2 is 2.00 bits per heavy atom. The van der Waals surface area contributed by atoms with Crippen LogP contribution in [0.1, 0.15) is 38.5 Å². The van der Waals surface area contributed by atoms with Crippen molar-refractivity contribution in [3.63, 3.8) is 0 Å². The molecule has 116 valence electrons. The van der Waals surface area contributed by atoms with Crippen molar-refractivity contribution in [1.29, 1.82) is 0 Å². The molecule has 0 saturated heterocycles. The van der Waals surface area contributed by atoms with Gasteiger partial charge in [-0.25, -0.2) is 13.1 Å². The Bertz CT molecular complexity index is 444. The predicted molar refractivity (Wildman–Crippen MR) is 80.7 cm³/mol. The van der Waals surface area contributed by atoms with E-state index in [1.165, 1.54) is 7.11 Å². The highest BCUT2D eigenvalue weighted by molar-refractivity contribution is 7.89. The molecular weight excluding hydrogens is 300 g/mol. The Morgan fingerprint density at radius 3 is 2.50 bits per heavy atom. The van der Waals surface area contributed by atoms with Crippen LogP contribution in [0.2, 0.25) is 0 Å². The highest BCUT2D eigenvalue weighted by Gasteiger charge is 2.29. The van der Waals surface area contributed by atoms with Gasteiger partial charge in [0.1, 0.15) is 0 Å². The molecule has 8 heteroatoms. The monoisotopic (exact) mass is 322 g/mol. The summed E-state index contributed by atoms with van der Waals surface area (Å²) in [5.74, 6) is -0.722. The minimum atomic E-state index is -3.60. The van der Waals surface area contributed by atoms with E-state index in [-0.39, 0.29) is 23.1 Å². The molecule has 0 aromatic heterocycles. The summed E-state index contributed by atoms with van der Waals surface area (Å²) in [6.07, 6.45) is 4.95. The van der Waals surface area contributed by atoms with Gasteiger partial charge < -0.3 is 10.5 Å². The molecule has 1 aliphatic carbocycles. The van der Waals surface area contributed by atoms with Crippen molar-refractivity contribution in [2.75, 3.05) is 12.9 Å². The Labute approximate surface area is 125 Å². The van der Waals surface area contributed by atoms with Crippen LogP contribution < -0.4 is 10.5 Å². The molecule has 0 aliphatic heterocycles. The Morgan fingerprint density at radius 1 is 1.40 bits per heavy atom. The van der Waals surface area contributed by atoms with Crippen molar-refractivity contribution in [2.24, 2.45) is 11.7 Å². The van der Waals surface area contributed by atoms with Gasteiger partial charge in [0.2, 0.25) is 10.0 Å². The second-order valence-electron chi connectivity index (χ2n) is 5.04. The summed E-state index contributed by atoms with van der Waals surface area (Å²) in [5, 5.41) is 0. The number of hydrogen-bond acceptors (Lipinski definition) is 5. The fourth-order valence-corrected chi connectivity index (χ4v) is 4.01. The summed E-state index contributed by atoms with van der Waals surface area (Å²) in [4.78, 5) is 11.2. The van der Waals surface area contributed by atoms with Crippen LogP contribution in [0, 0.1) is 5.92 Å². The van der Waals surface area contributed by atoms with Gasteiger partial charge in [-0.3, -0.25) is 4.79 Å². The van der Waals surface area contributed by atoms with Crippen LogP contribution in [0.3, 0.4) is 0 Å². The first-order chi connectivity index (χ1) is 9.35. The number of methoxy groups -OCH3 is 1. The minimum absolute atomic E-state index is 0.147. The lowest BCUT2D eigenvalue weighted by Gasteiger charge is -2.29. The summed E-state index contributed by atoms with van der Waals surface area (Å²) < 4.78 is 30.9. The first kappa shape index (κ1) is 17.3. The normalized spacial score (nSPS) is 18.4. The van der Waals surface area contributed by atoms with E-state index in [9.17, 15) is 13.2 Å². The van der Waals surface area contributed by atoms with Gasteiger partial charge in [-0.1, -0.05) is 31.5 Å². The molecule has 0 spiro atoms. The smallest absolute Gasteiger partial charge is 0.306 e. The third-order valence-corrected chi connectivity index (χ3v) is 5.15. The number of nitrogens with two attached hydrogens (primary N) is 1. The summed E-state index contributed by atoms with van der Waals surface area (Å²) in [6, 6.07) is -0.520. The van der Waals surface area contributed by atoms with E-state index in [0.29, 0.717) is 0 Å². The second kappa shape index (κ2) is 7.90. The molecule has 1 unspecified atom stereocenters. The van der Waals surface area contributed by atoms with Gasteiger partial charge >= 0.3 is 5.97 Å². The zero-order valence-corrected chi connectivity index (χ0v) is 13.3. The largest absolute Gasteiger partial charge is 0.469 e. The van der Waals surface area contributed by atoms with Crippen molar-refractivity contribution in [3.05, 3.63) is 0 Å². The second-order valence-corrected chi connectivity index (χ2v) is 7.39. The van der Waals surface area contributed by atoms with Crippen LogP contribution >= 0.6 is 12.2 Å². The lowest BCUT2D eigenvalue weighted by atomic mass is 9.84. The molecule has 1 atom stereocenters. The number of carbonyl (C=O) groups excluding carboxylic acids is 1. The first-order valence-electron chi connectivity index (χ1n) is 6.72. The van der Waals surface area contributed by atoms with E-state index in [2.05, 4.69) is 9.46 Å². The number of esters is 1. The van der Waals surface area contributed by atoms with Crippen LogP contribution in [-0.2, 0) is 19.6 Å². The maximum atomic E-state index is 12.0. The van der Waals surface area contributed by atoms with Crippen molar-refractivity contribution in [1.82, 2.24) is 4.72 Å². The van der Waals surface area contributed by atoms with Gasteiger partial charge in [0.25, 0.3) is 0 Å². The fraction of sp³-hybridized carbons (Fsp3) is 0.833. The van der Waals surface area contributed by atoms with E-state index < -0.39 is 22.0 Å². The van der Waals surface area contributed by atoms with Crippen LogP contribution in [0.15, 0.2) is 0 Å². The van der Waals surface area contributed by atoms with Crippen LogP contribution in [0.4, 0.5) is 0 Å². The van der Waals surface area contributed by atoms with E-state index >= 15 is 0 Å². The number of ether oxygens (including phenoxy) is 1. The maximum absolute atomic E-state index is 12.0. The predicted octanol–water partition coefficient (Wildman–Crippen LogP) is 0.704. The third-order valence-electron chi connectivity index (χ3n) is 3.54. The zero-order chi connectivity index (χ0) is 15.2. The van der Waals surface area contributed by atoms with E-state index in [1.54, 1.807) is 0 Å².